The van der Waals surface area contributed by atoms with Gasteiger partial charge in [-0.25, -0.2) is 0 Å². The van der Waals surface area contributed by atoms with Gasteiger partial charge in [0.05, 0.1) is 12.7 Å². The van der Waals surface area contributed by atoms with Gasteiger partial charge in [-0.15, -0.1) is 0 Å². The van der Waals surface area contributed by atoms with Gasteiger partial charge in [-0.1, -0.05) is 54.5 Å². The SMILES string of the molecule is COc1ccc(/C=C2\CCCCC(CN(C)C)C2(O)Cc2cccc(C)c2)cc1. The number of ether oxygens (including phenoxy) is 1. The van der Waals surface area contributed by atoms with Crippen molar-refractivity contribution in [2.75, 3.05) is 27.7 Å². The van der Waals surface area contributed by atoms with Crippen LogP contribution in [0.4, 0.5) is 0 Å². The van der Waals surface area contributed by atoms with Crippen molar-refractivity contribution < 1.29 is 9.84 Å². The first-order chi connectivity index (χ1) is 13.9. The summed E-state index contributed by atoms with van der Waals surface area (Å²) in [6.07, 6.45) is 7.16. The molecule has 0 spiro atoms. The van der Waals surface area contributed by atoms with E-state index in [-0.39, 0.29) is 5.92 Å². The Labute approximate surface area is 176 Å². The van der Waals surface area contributed by atoms with Crippen LogP contribution in [0.25, 0.3) is 6.08 Å². The summed E-state index contributed by atoms with van der Waals surface area (Å²) in [7, 11) is 5.89. The van der Waals surface area contributed by atoms with Gasteiger partial charge in [0.25, 0.3) is 0 Å². The van der Waals surface area contributed by atoms with E-state index in [0.717, 1.165) is 49.1 Å². The molecule has 3 rings (SSSR count). The van der Waals surface area contributed by atoms with Crippen LogP contribution in [0.1, 0.15) is 42.4 Å². The van der Waals surface area contributed by atoms with Crippen molar-refractivity contribution in [2.45, 2.75) is 44.6 Å². The third-order valence-corrected chi connectivity index (χ3v) is 6.08. The summed E-state index contributed by atoms with van der Waals surface area (Å²) in [5, 5.41) is 12.2. The van der Waals surface area contributed by atoms with Crippen LogP contribution in [0.2, 0.25) is 0 Å². The normalized spacial score (nSPS) is 23.9. The quantitative estimate of drug-likeness (QED) is 0.692. The van der Waals surface area contributed by atoms with E-state index in [4.69, 9.17) is 4.74 Å². The molecule has 3 nitrogen and oxygen atoms in total. The van der Waals surface area contributed by atoms with Crippen molar-refractivity contribution in [3.63, 3.8) is 0 Å². The molecule has 0 aromatic heterocycles. The van der Waals surface area contributed by atoms with Crippen molar-refractivity contribution in [3.05, 3.63) is 70.8 Å². The van der Waals surface area contributed by atoms with E-state index in [0.29, 0.717) is 6.42 Å². The van der Waals surface area contributed by atoms with Crippen molar-refractivity contribution in [3.8, 4) is 5.75 Å². The maximum absolute atomic E-state index is 12.2. The monoisotopic (exact) mass is 393 g/mol. The Morgan fingerprint density at radius 1 is 1.14 bits per heavy atom. The fraction of sp³-hybridized carbons (Fsp3) is 0.462. The van der Waals surface area contributed by atoms with Crippen molar-refractivity contribution in [1.82, 2.24) is 4.90 Å². The predicted molar refractivity (Wildman–Crippen MR) is 121 cm³/mol. The largest absolute Gasteiger partial charge is 0.497 e. The van der Waals surface area contributed by atoms with Gasteiger partial charge in [-0.05, 0) is 69.1 Å². The summed E-state index contributed by atoms with van der Waals surface area (Å²) in [5.41, 5.74) is 3.89. The Hall–Kier alpha value is -2.10. The molecule has 1 fully saturated rings. The average Bonchev–Trinajstić information content (AvgIpc) is 2.82. The molecule has 1 aliphatic carbocycles. The molecule has 0 heterocycles. The molecule has 0 saturated heterocycles. The lowest BCUT2D eigenvalue weighted by molar-refractivity contribution is 0.00516. The predicted octanol–water partition coefficient (Wildman–Crippen LogP) is 5.11. The summed E-state index contributed by atoms with van der Waals surface area (Å²) in [6.45, 7) is 3.01. The minimum atomic E-state index is -0.839. The topological polar surface area (TPSA) is 32.7 Å². The first kappa shape index (κ1) is 21.6. The van der Waals surface area contributed by atoms with Gasteiger partial charge in [0.2, 0.25) is 0 Å². The van der Waals surface area contributed by atoms with E-state index in [9.17, 15) is 5.11 Å². The van der Waals surface area contributed by atoms with Gasteiger partial charge >= 0.3 is 0 Å². The highest BCUT2D eigenvalue weighted by Crippen LogP contribution is 2.40. The Morgan fingerprint density at radius 2 is 1.90 bits per heavy atom. The molecule has 1 aliphatic rings. The maximum Gasteiger partial charge on any atom is 0.118 e. The fourth-order valence-electron chi connectivity index (χ4n) is 4.60. The van der Waals surface area contributed by atoms with Crippen LogP contribution in [0.3, 0.4) is 0 Å². The number of methoxy groups -OCH3 is 1. The molecule has 0 radical (unpaired) electrons. The second kappa shape index (κ2) is 9.60. The van der Waals surface area contributed by atoms with Gasteiger partial charge in [-0.3, -0.25) is 0 Å². The highest BCUT2D eigenvalue weighted by atomic mass is 16.5. The molecule has 0 amide bonds. The lowest BCUT2D eigenvalue weighted by Crippen LogP contribution is -2.45. The highest BCUT2D eigenvalue weighted by Gasteiger charge is 2.41. The first-order valence-corrected chi connectivity index (χ1v) is 10.7. The van der Waals surface area contributed by atoms with E-state index < -0.39 is 5.60 Å². The number of benzene rings is 2. The summed E-state index contributed by atoms with van der Waals surface area (Å²) < 4.78 is 5.30. The molecule has 2 atom stereocenters. The fourth-order valence-corrected chi connectivity index (χ4v) is 4.60. The number of aliphatic hydroxyl groups is 1. The minimum Gasteiger partial charge on any atom is -0.497 e. The zero-order valence-electron chi connectivity index (χ0n) is 18.3. The van der Waals surface area contributed by atoms with E-state index >= 15 is 0 Å². The highest BCUT2D eigenvalue weighted by molar-refractivity contribution is 5.57. The standard InChI is InChI=1S/C26H35NO2/c1-20-8-7-9-22(16-20)18-26(28)23(10-5-6-11-24(26)19-27(2)3)17-21-12-14-25(29-4)15-13-21/h7-9,12-17,24,28H,5-6,10-11,18-19H2,1-4H3/b23-17+. The molecule has 0 aliphatic heterocycles. The third kappa shape index (κ3) is 5.49. The Bertz CT molecular complexity index is 825. The van der Waals surface area contributed by atoms with E-state index in [1.165, 1.54) is 11.1 Å². The van der Waals surface area contributed by atoms with Crippen molar-refractivity contribution >= 4 is 6.08 Å². The molecule has 2 aromatic rings. The van der Waals surface area contributed by atoms with Crippen molar-refractivity contribution in [1.29, 1.82) is 0 Å². The van der Waals surface area contributed by atoms with E-state index in [2.05, 4.69) is 68.4 Å². The van der Waals surface area contributed by atoms with Crippen LogP contribution in [0.15, 0.2) is 54.1 Å². The lowest BCUT2D eigenvalue weighted by Gasteiger charge is -2.39. The summed E-state index contributed by atoms with van der Waals surface area (Å²) >= 11 is 0. The minimum absolute atomic E-state index is 0.213. The van der Waals surface area contributed by atoms with Crippen LogP contribution in [0, 0.1) is 12.8 Å². The Balaban J connectivity index is 2.02. The molecule has 2 aromatic carbocycles. The van der Waals surface area contributed by atoms with Crippen molar-refractivity contribution in [2.24, 2.45) is 5.92 Å². The first-order valence-electron chi connectivity index (χ1n) is 10.7. The van der Waals surface area contributed by atoms with E-state index in [1.54, 1.807) is 7.11 Å². The zero-order valence-corrected chi connectivity index (χ0v) is 18.3. The number of aryl methyl sites for hydroxylation is 1. The third-order valence-electron chi connectivity index (χ3n) is 6.08. The second-order valence-electron chi connectivity index (χ2n) is 8.74. The number of nitrogens with zero attached hydrogens (tertiary/aromatic N) is 1. The van der Waals surface area contributed by atoms with Crippen LogP contribution in [-0.4, -0.2) is 43.4 Å². The smallest absolute Gasteiger partial charge is 0.118 e. The van der Waals surface area contributed by atoms with Crippen LogP contribution in [0.5, 0.6) is 5.75 Å². The van der Waals surface area contributed by atoms with Crippen LogP contribution < -0.4 is 4.74 Å². The second-order valence-corrected chi connectivity index (χ2v) is 8.74. The zero-order chi connectivity index (χ0) is 20.9. The van der Waals surface area contributed by atoms with Gasteiger partial charge in [0, 0.05) is 18.9 Å². The van der Waals surface area contributed by atoms with Gasteiger partial charge in [0.1, 0.15) is 5.75 Å². The Kier molecular flexibility index (Phi) is 7.15. The number of hydrogen-bond donors (Lipinski definition) is 1. The summed E-state index contributed by atoms with van der Waals surface area (Å²) in [4.78, 5) is 2.21. The summed E-state index contributed by atoms with van der Waals surface area (Å²) in [5.74, 6) is 1.07. The molecule has 0 bridgehead atoms. The average molecular weight is 394 g/mol. The molecule has 156 valence electrons. The van der Waals surface area contributed by atoms with E-state index in [1.807, 2.05) is 12.1 Å². The molecule has 29 heavy (non-hydrogen) atoms. The number of hydrogen-bond acceptors (Lipinski definition) is 3. The lowest BCUT2D eigenvalue weighted by atomic mass is 9.74. The molecule has 1 N–H and O–H groups in total. The molecular weight excluding hydrogens is 358 g/mol. The summed E-state index contributed by atoms with van der Waals surface area (Å²) in [6, 6.07) is 16.7. The van der Waals surface area contributed by atoms with Crippen LogP contribution >= 0.6 is 0 Å². The van der Waals surface area contributed by atoms with Gasteiger partial charge < -0.3 is 14.7 Å². The molecule has 2 unspecified atom stereocenters. The number of rotatable bonds is 6. The maximum atomic E-state index is 12.2. The van der Waals surface area contributed by atoms with Gasteiger partial charge in [0.15, 0.2) is 0 Å². The Morgan fingerprint density at radius 3 is 2.55 bits per heavy atom. The molecule has 1 saturated carbocycles. The van der Waals surface area contributed by atoms with Crippen LogP contribution in [-0.2, 0) is 6.42 Å². The molecular formula is C26H35NO2. The van der Waals surface area contributed by atoms with Gasteiger partial charge in [-0.2, -0.15) is 0 Å². The molecule has 3 heteroatoms.